The molecule has 1 aromatic heterocycles. The van der Waals surface area contributed by atoms with E-state index < -0.39 is 0 Å². The summed E-state index contributed by atoms with van der Waals surface area (Å²) in [7, 11) is 3.15. The summed E-state index contributed by atoms with van der Waals surface area (Å²) < 4.78 is 4.89. The summed E-state index contributed by atoms with van der Waals surface area (Å²) in [5.41, 5.74) is 0. The van der Waals surface area contributed by atoms with Crippen molar-refractivity contribution in [1.29, 1.82) is 0 Å². The summed E-state index contributed by atoms with van der Waals surface area (Å²) in [6, 6.07) is 0. The Balaban J connectivity index is 2.44. The first-order valence-corrected chi connectivity index (χ1v) is 6.89. The standard InChI is InChI=1S/C13H23N5O3/c1-9(2)11-15-12(17-16-11)13(20)18(3)8-10(19)14-6-5-7-21-4/h9H,5-8H2,1-4H3,(H,14,19)(H,15,16,17). The Bertz CT molecular complexity index is 472. The summed E-state index contributed by atoms with van der Waals surface area (Å²) in [5.74, 6) is 0.282. The van der Waals surface area contributed by atoms with Crippen molar-refractivity contribution in [2.45, 2.75) is 26.2 Å². The van der Waals surface area contributed by atoms with Crippen molar-refractivity contribution in [2.75, 3.05) is 33.9 Å². The van der Waals surface area contributed by atoms with Gasteiger partial charge in [0.25, 0.3) is 5.91 Å². The molecule has 0 aliphatic carbocycles. The Morgan fingerprint density at radius 3 is 2.71 bits per heavy atom. The van der Waals surface area contributed by atoms with Gasteiger partial charge in [-0.3, -0.25) is 14.7 Å². The number of H-pyrrole nitrogens is 1. The minimum atomic E-state index is -0.384. The molecule has 1 rings (SSSR count). The molecule has 0 bridgehead atoms. The maximum atomic E-state index is 12.1. The zero-order chi connectivity index (χ0) is 15.8. The fourth-order valence-corrected chi connectivity index (χ4v) is 1.59. The van der Waals surface area contributed by atoms with Crippen LogP contribution in [0.5, 0.6) is 0 Å². The topological polar surface area (TPSA) is 100 Å². The van der Waals surface area contributed by atoms with Gasteiger partial charge in [0.05, 0.1) is 6.54 Å². The normalized spacial score (nSPS) is 10.7. The second-order valence-electron chi connectivity index (χ2n) is 5.06. The maximum Gasteiger partial charge on any atom is 0.293 e. The van der Waals surface area contributed by atoms with Gasteiger partial charge in [-0.2, -0.15) is 0 Å². The first kappa shape index (κ1) is 17.1. The third-order valence-electron chi connectivity index (χ3n) is 2.82. The molecule has 1 aromatic rings. The number of likely N-dealkylation sites (N-methyl/N-ethyl adjacent to an activating group) is 1. The summed E-state index contributed by atoms with van der Waals surface area (Å²) in [4.78, 5) is 29.2. The van der Waals surface area contributed by atoms with E-state index in [4.69, 9.17) is 4.74 Å². The van der Waals surface area contributed by atoms with Crippen LogP contribution in [0.25, 0.3) is 0 Å². The van der Waals surface area contributed by atoms with Crippen molar-refractivity contribution >= 4 is 11.8 Å². The van der Waals surface area contributed by atoms with Crippen molar-refractivity contribution in [1.82, 2.24) is 25.4 Å². The van der Waals surface area contributed by atoms with Crippen molar-refractivity contribution in [3.05, 3.63) is 11.6 Å². The number of rotatable bonds is 8. The molecule has 0 radical (unpaired) electrons. The van der Waals surface area contributed by atoms with Gasteiger partial charge >= 0.3 is 0 Å². The first-order valence-electron chi connectivity index (χ1n) is 6.89. The maximum absolute atomic E-state index is 12.1. The minimum absolute atomic E-state index is 0.0304. The van der Waals surface area contributed by atoms with Crippen LogP contribution in [0.15, 0.2) is 0 Å². The molecule has 118 valence electrons. The van der Waals surface area contributed by atoms with Gasteiger partial charge in [-0.25, -0.2) is 4.98 Å². The molecule has 0 aromatic carbocycles. The lowest BCUT2D eigenvalue weighted by molar-refractivity contribution is -0.121. The Kier molecular flexibility index (Phi) is 6.80. The number of hydrogen-bond acceptors (Lipinski definition) is 5. The molecule has 1 heterocycles. The highest BCUT2D eigenvalue weighted by molar-refractivity contribution is 5.93. The monoisotopic (exact) mass is 297 g/mol. The molecule has 0 saturated carbocycles. The molecule has 8 nitrogen and oxygen atoms in total. The summed E-state index contributed by atoms with van der Waals surface area (Å²) in [5, 5.41) is 9.31. The average molecular weight is 297 g/mol. The van der Waals surface area contributed by atoms with Crippen LogP contribution in [-0.2, 0) is 9.53 Å². The van der Waals surface area contributed by atoms with E-state index >= 15 is 0 Å². The SMILES string of the molecule is COCCCNC(=O)CN(C)C(=O)c1n[nH]c(C(C)C)n1. The number of carbonyl (C=O) groups is 2. The molecule has 0 spiro atoms. The average Bonchev–Trinajstić information content (AvgIpc) is 2.92. The second kappa shape index (κ2) is 8.35. The Morgan fingerprint density at radius 2 is 2.14 bits per heavy atom. The predicted molar refractivity (Wildman–Crippen MR) is 76.9 cm³/mol. The molecule has 0 aliphatic heterocycles. The molecule has 0 fully saturated rings. The van der Waals surface area contributed by atoms with Crippen LogP contribution in [0.2, 0.25) is 0 Å². The molecule has 0 unspecified atom stereocenters. The highest BCUT2D eigenvalue weighted by Crippen LogP contribution is 2.08. The molecule has 0 atom stereocenters. The number of aromatic amines is 1. The van der Waals surface area contributed by atoms with Gasteiger partial charge in [0, 0.05) is 33.2 Å². The van der Waals surface area contributed by atoms with Crippen LogP contribution >= 0.6 is 0 Å². The molecule has 2 N–H and O–H groups in total. The van der Waals surface area contributed by atoms with Crippen LogP contribution < -0.4 is 5.32 Å². The molecular weight excluding hydrogens is 274 g/mol. The van der Waals surface area contributed by atoms with Gasteiger partial charge in [-0.15, -0.1) is 5.10 Å². The molecule has 2 amide bonds. The number of carbonyl (C=O) groups excluding carboxylic acids is 2. The van der Waals surface area contributed by atoms with Gasteiger partial charge in [0.2, 0.25) is 11.7 Å². The molecule has 21 heavy (non-hydrogen) atoms. The number of nitrogens with zero attached hydrogens (tertiary/aromatic N) is 3. The quantitative estimate of drug-likeness (QED) is 0.665. The van der Waals surface area contributed by atoms with E-state index in [-0.39, 0.29) is 30.1 Å². The lowest BCUT2D eigenvalue weighted by Crippen LogP contribution is -2.39. The van der Waals surface area contributed by atoms with Gasteiger partial charge in [-0.1, -0.05) is 13.8 Å². The number of nitrogens with one attached hydrogen (secondary N) is 2. The zero-order valence-electron chi connectivity index (χ0n) is 13.0. The highest BCUT2D eigenvalue weighted by Gasteiger charge is 2.19. The zero-order valence-corrected chi connectivity index (χ0v) is 13.0. The van der Waals surface area contributed by atoms with Crippen molar-refractivity contribution in [2.24, 2.45) is 0 Å². The number of ether oxygens (including phenoxy) is 1. The van der Waals surface area contributed by atoms with Gasteiger partial charge in [-0.05, 0) is 6.42 Å². The predicted octanol–water partition coefficient (Wildman–Crippen LogP) is 0.153. The lowest BCUT2D eigenvalue weighted by Gasteiger charge is -2.14. The van der Waals surface area contributed by atoms with Gasteiger partial charge < -0.3 is 15.0 Å². The summed E-state index contributed by atoms with van der Waals surface area (Å²) in [6.45, 7) is 4.98. The number of hydrogen-bond donors (Lipinski definition) is 2. The Morgan fingerprint density at radius 1 is 1.43 bits per heavy atom. The molecular formula is C13H23N5O3. The Labute approximate surface area is 124 Å². The van der Waals surface area contributed by atoms with Crippen molar-refractivity contribution in [3.8, 4) is 0 Å². The molecule has 8 heteroatoms. The van der Waals surface area contributed by atoms with E-state index in [2.05, 4.69) is 20.5 Å². The van der Waals surface area contributed by atoms with Crippen LogP contribution in [0, 0.1) is 0 Å². The van der Waals surface area contributed by atoms with Crippen molar-refractivity contribution in [3.63, 3.8) is 0 Å². The fraction of sp³-hybridized carbons (Fsp3) is 0.692. The van der Waals surface area contributed by atoms with Crippen LogP contribution in [0.4, 0.5) is 0 Å². The Hall–Kier alpha value is -1.96. The van der Waals surface area contributed by atoms with E-state index in [1.807, 2.05) is 13.8 Å². The minimum Gasteiger partial charge on any atom is -0.385 e. The highest BCUT2D eigenvalue weighted by atomic mass is 16.5. The van der Waals surface area contributed by atoms with Crippen LogP contribution in [0.1, 0.15) is 42.6 Å². The lowest BCUT2D eigenvalue weighted by atomic mass is 10.2. The second-order valence-corrected chi connectivity index (χ2v) is 5.06. The van der Waals surface area contributed by atoms with Crippen LogP contribution in [-0.4, -0.2) is 65.7 Å². The van der Waals surface area contributed by atoms with E-state index in [1.54, 1.807) is 14.2 Å². The van der Waals surface area contributed by atoms with Crippen LogP contribution in [0.3, 0.4) is 0 Å². The third kappa shape index (κ3) is 5.50. The molecule has 0 saturated heterocycles. The fourth-order valence-electron chi connectivity index (χ4n) is 1.59. The number of aromatic nitrogens is 3. The summed E-state index contributed by atoms with van der Waals surface area (Å²) in [6.07, 6.45) is 0.735. The number of methoxy groups -OCH3 is 1. The summed E-state index contributed by atoms with van der Waals surface area (Å²) >= 11 is 0. The largest absolute Gasteiger partial charge is 0.385 e. The van der Waals surface area contributed by atoms with E-state index in [1.165, 1.54) is 4.90 Å². The van der Waals surface area contributed by atoms with E-state index in [0.717, 1.165) is 6.42 Å². The van der Waals surface area contributed by atoms with E-state index in [9.17, 15) is 9.59 Å². The van der Waals surface area contributed by atoms with E-state index in [0.29, 0.717) is 19.0 Å². The smallest absolute Gasteiger partial charge is 0.293 e. The first-order chi connectivity index (χ1) is 9.95. The third-order valence-corrected chi connectivity index (χ3v) is 2.82. The van der Waals surface area contributed by atoms with Gasteiger partial charge in [0.1, 0.15) is 5.82 Å². The van der Waals surface area contributed by atoms with Crippen molar-refractivity contribution < 1.29 is 14.3 Å². The molecule has 0 aliphatic rings. The van der Waals surface area contributed by atoms with Gasteiger partial charge in [0.15, 0.2) is 0 Å². The number of amides is 2.